The minimum absolute atomic E-state index is 0. The second-order valence-electron chi connectivity index (χ2n) is 12.5. The zero-order chi connectivity index (χ0) is 36.6. The summed E-state index contributed by atoms with van der Waals surface area (Å²) in [7, 11) is -1.85. The van der Waals surface area contributed by atoms with Crippen molar-refractivity contribution in [2.45, 2.75) is 13.1 Å². The zero-order valence-electron chi connectivity index (χ0n) is 29.9. The summed E-state index contributed by atoms with van der Waals surface area (Å²) < 4.78 is 0. The molecule has 0 amide bonds. The smallest absolute Gasteiger partial charge is 0.100 e. The average Bonchev–Trinajstić information content (AvgIpc) is 3.22. The van der Waals surface area contributed by atoms with Crippen LogP contribution < -0.4 is 77.3 Å². The van der Waals surface area contributed by atoms with E-state index in [2.05, 4.69) is 221 Å². The molecular weight excluding hydrogens is 1060 g/mol. The third-order valence-electron chi connectivity index (χ3n) is 9.55. The van der Waals surface area contributed by atoms with E-state index in [0.29, 0.717) is 13.2 Å². The maximum absolute atomic E-state index is 4.46. The van der Waals surface area contributed by atoms with Crippen molar-refractivity contribution in [3.8, 4) is 11.1 Å². The molecule has 0 aromatic heterocycles. The molecule has 0 unspecified atom stereocenters. The normalized spacial score (nSPS) is 10.9. The van der Waals surface area contributed by atoms with Gasteiger partial charge in [0.2, 0.25) is 0 Å². The first-order valence-corrected chi connectivity index (χ1v) is 28.2. The predicted molar refractivity (Wildman–Crippen MR) is 235 cm³/mol. The van der Waals surface area contributed by atoms with Crippen LogP contribution in [0.15, 0.2) is 182 Å². The van der Waals surface area contributed by atoms with Crippen LogP contribution in [0.2, 0.25) is 0 Å². The molecular formula is C46H40Br4N2P2Ru. The van der Waals surface area contributed by atoms with Gasteiger partial charge in [-0.1, -0.05) is 170 Å². The van der Waals surface area contributed by atoms with E-state index in [4.69, 9.17) is 0 Å². The number of halogens is 4. The molecule has 2 nitrogen and oxygen atoms in total. The molecule has 0 heterocycles. The maximum atomic E-state index is 4.46. The molecule has 8 aromatic carbocycles. The molecule has 0 fully saturated rings. The van der Waals surface area contributed by atoms with Crippen LogP contribution in [0.5, 0.6) is 0 Å². The fourth-order valence-electron chi connectivity index (χ4n) is 7.32. The third kappa shape index (κ3) is 9.50. The van der Waals surface area contributed by atoms with Gasteiger partial charge in [0.25, 0.3) is 0 Å². The van der Waals surface area contributed by atoms with E-state index >= 15 is 0 Å². The molecule has 6 N–H and O–H groups in total. The first-order valence-electron chi connectivity index (χ1n) is 17.5. The van der Waals surface area contributed by atoms with Crippen LogP contribution in [0.3, 0.4) is 0 Å². The Labute approximate surface area is 368 Å². The molecule has 280 valence electrons. The van der Waals surface area contributed by atoms with Crippen molar-refractivity contribution in [2.24, 2.45) is 0 Å². The van der Waals surface area contributed by atoms with Gasteiger partial charge < -0.3 is 45.4 Å². The van der Waals surface area contributed by atoms with Gasteiger partial charge in [-0.05, 0) is 92.5 Å². The Balaban J connectivity index is 0.00000112. The van der Waals surface area contributed by atoms with Crippen LogP contribution in [-0.4, -0.2) is 0 Å². The molecule has 9 heteroatoms. The molecule has 0 aliphatic rings. The first kappa shape index (κ1) is 43.7. The molecule has 55 heavy (non-hydrogen) atoms. The Morgan fingerprint density at radius 2 is 0.618 bits per heavy atom. The fraction of sp³-hybridized carbons (Fsp3) is 0.0435. The van der Waals surface area contributed by atoms with E-state index in [9.17, 15) is 0 Å². The van der Waals surface area contributed by atoms with Crippen LogP contribution >= 0.6 is 43.1 Å². The summed E-state index contributed by atoms with van der Waals surface area (Å²) in [5, 5.41) is 13.2. The second-order valence-corrected chi connectivity index (χ2v) is 24.9. The van der Waals surface area contributed by atoms with Crippen LogP contribution in [-0.2, 0) is 26.3 Å². The van der Waals surface area contributed by atoms with Crippen LogP contribution in [0.1, 0.15) is 11.1 Å². The van der Waals surface area contributed by atoms with Gasteiger partial charge in [0.05, 0.1) is 0 Å². The maximum Gasteiger partial charge on any atom is 0.100 e. The molecule has 0 saturated heterocycles. The summed E-state index contributed by atoms with van der Waals surface area (Å²) >= 11 is 6.64. The summed E-state index contributed by atoms with van der Waals surface area (Å²) in [6.45, 7) is 1.44. The molecule has 8 aromatic rings. The fourth-order valence-corrected chi connectivity index (χ4v) is 12.4. The van der Waals surface area contributed by atoms with Crippen LogP contribution in [0, 0.1) is 0 Å². The molecule has 0 aliphatic heterocycles. The van der Waals surface area contributed by atoms with E-state index in [1.807, 2.05) is 0 Å². The molecule has 0 spiro atoms. The molecule has 0 radical (unpaired) electrons. The summed E-state index contributed by atoms with van der Waals surface area (Å²) in [6, 6.07) is 67.5. The second kappa shape index (κ2) is 21.4. The Hall–Kier alpha value is -2.40. The van der Waals surface area contributed by atoms with Crippen molar-refractivity contribution in [2.75, 3.05) is 0 Å². The first-order chi connectivity index (χ1) is 26.2. The van der Waals surface area contributed by atoms with E-state index in [1.165, 1.54) is 75.6 Å². The number of fused-ring (bicyclic) bond motifs is 2. The Bertz CT molecular complexity index is 2190. The van der Waals surface area contributed by atoms with Crippen LogP contribution in [0.25, 0.3) is 32.7 Å². The summed E-state index contributed by atoms with van der Waals surface area (Å²) in [5.74, 6) is 0. The van der Waals surface area contributed by atoms with Gasteiger partial charge in [0.15, 0.2) is 0 Å². The number of rotatable bonds is 9. The van der Waals surface area contributed by atoms with Gasteiger partial charge in [0.1, 0.15) is 13.1 Å². The SMILES string of the molecule is [Br-].[Br-].[Br][Ru][Br].[NH3+]Cc1cc(P(c2ccccc2)c2ccccc2)c(-c2c(P(c3ccccc3)c3ccccc3)cc(C[NH3+])c3ccccc23)c2ccccc12. The van der Waals surface area contributed by atoms with Gasteiger partial charge in [-0.25, -0.2) is 0 Å². The minimum atomic E-state index is -0.925. The number of benzene rings is 8. The summed E-state index contributed by atoms with van der Waals surface area (Å²) in [5.41, 5.74) is 14.1. The quantitative estimate of drug-likeness (QED) is 0.165. The largest absolute Gasteiger partial charge is 0.354 e. The van der Waals surface area contributed by atoms with Crippen molar-refractivity contribution in [1.82, 2.24) is 0 Å². The monoisotopic (exact) mass is 1100 g/mol. The summed E-state index contributed by atoms with van der Waals surface area (Å²) in [6.07, 6.45) is 0. The standard InChI is InChI=1S/C46H38N2P2.4BrH.Ru/c47-31-33-29-43(49(35-17-5-1-6-18-35)36-19-7-2-8-20-36)45(41-27-15-13-25-39(33)41)46-42-28-16-14-26-40(42)34(32-48)30-44(46)50(37-21-9-3-10-22-37)38-23-11-4-12-24-38;;;;;/h1-30H,31-32,47-48H2;4*1H;/q;;;;;+2/p-2. The molecule has 0 bridgehead atoms. The number of hydrogen-bond acceptors (Lipinski definition) is 0. The predicted octanol–water partition coefficient (Wildman–Crippen LogP) is 2.36. The van der Waals surface area contributed by atoms with Crippen molar-refractivity contribution in [3.05, 3.63) is 193 Å². The van der Waals surface area contributed by atoms with Gasteiger partial charge in [-0.2, -0.15) is 0 Å². The van der Waals surface area contributed by atoms with Crippen molar-refractivity contribution in [3.63, 3.8) is 0 Å². The Morgan fingerprint density at radius 1 is 0.382 bits per heavy atom. The number of hydrogen-bond donors (Lipinski definition) is 2. The average molecular weight is 1100 g/mol. The number of quaternary nitrogens is 2. The van der Waals surface area contributed by atoms with Gasteiger partial charge in [-0.15, -0.1) is 0 Å². The minimum Gasteiger partial charge on any atom is -0.354 e. The van der Waals surface area contributed by atoms with Gasteiger partial charge >= 0.3 is 40.5 Å². The van der Waals surface area contributed by atoms with Crippen LogP contribution in [0.4, 0.5) is 0 Å². The van der Waals surface area contributed by atoms with E-state index < -0.39 is 15.8 Å². The van der Waals surface area contributed by atoms with Crippen molar-refractivity contribution >= 4 is 96.5 Å². The third-order valence-corrected chi connectivity index (χ3v) is 14.5. The Kier molecular flexibility index (Phi) is 17.0. The summed E-state index contributed by atoms with van der Waals surface area (Å²) in [4.78, 5) is 0. The molecule has 0 saturated carbocycles. The Morgan fingerprint density at radius 3 is 0.873 bits per heavy atom. The van der Waals surface area contributed by atoms with E-state index in [0.717, 1.165) is 13.1 Å². The topological polar surface area (TPSA) is 55.3 Å². The van der Waals surface area contributed by atoms with E-state index in [1.54, 1.807) is 0 Å². The van der Waals surface area contributed by atoms with E-state index in [-0.39, 0.29) is 34.0 Å². The zero-order valence-corrected chi connectivity index (χ0v) is 39.8. The van der Waals surface area contributed by atoms with Crippen molar-refractivity contribution in [1.29, 1.82) is 0 Å². The molecule has 8 rings (SSSR count). The molecule has 0 aliphatic carbocycles. The van der Waals surface area contributed by atoms with Gasteiger partial charge in [-0.3, -0.25) is 0 Å². The molecule has 0 atom stereocenters. The van der Waals surface area contributed by atoms with Gasteiger partial charge in [0, 0.05) is 11.1 Å². The van der Waals surface area contributed by atoms with Crippen molar-refractivity contribution < 1.29 is 58.6 Å².